The summed E-state index contributed by atoms with van der Waals surface area (Å²) in [6.07, 6.45) is 0. The molecule has 4 nitrogen and oxygen atoms in total. The molecule has 0 saturated heterocycles. The number of rotatable bonds is 2. The summed E-state index contributed by atoms with van der Waals surface area (Å²) < 4.78 is -0.256. The molecule has 0 bridgehead atoms. The molecule has 0 heterocycles. The summed E-state index contributed by atoms with van der Waals surface area (Å²) in [5, 5.41) is 10.6. The minimum absolute atomic E-state index is 0.0417. The first-order valence-corrected chi connectivity index (χ1v) is 4.69. The molecular weight excluding hydrogens is 250 g/mol. The van der Waals surface area contributed by atoms with Gasteiger partial charge in [0.15, 0.2) is 0 Å². The third-order valence-electron chi connectivity index (χ3n) is 2.17. The van der Waals surface area contributed by atoms with Crippen molar-refractivity contribution in [3.63, 3.8) is 0 Å². The molecular formula is C9H8BrNO3. The number of nitro groups is 1. The smallest absolute Gasteiger partial charge is 0.272 e. The van der Waals surface area contributed by atoms with Crippen molar-refractivity contribution in [3.05, 3.63) is 38.9 Å². The van der Waals surface area contributed by atoms with Crippen LogP contribution >= 0.6 is 15.9 Å². The van der Waals surface area contributed by atoms with E-state index in [1.807, 2.05) is 0 Å². The number of hydrogen-bond acceptors (Lipinski definition) is 3. The summed E-state index contributed by atoms with van der Waals surface area (Å²) in [6, 6.07) is 2.80. The largest absolute Gasteiger partial charge is 0.281 e. The van der Waals surface area contributed by atoms with Crippen molar-refractivity contribution in [1.29, 1.82) is 0 Å². The maximum atomic E-state index is 11.0. The number of carbonyl (C=O) groups is 1. The van der Waals surface area contributed by atoms with Gasteiger partial charge in [-0.25, -0.2) is 0 Å². The van der Waals surface area contributed by atoms with Crippen LogP contribution in [-0.4, -0.2) is 9.62 Å². The first-order valence-electron chi connectivity index (χ1n) is 3.89. The van der Waals surface area contributed by atoms with E-state index < -0.39 is 4.92 Å². The Morgan fingerprint density at radius 2 is 1.93 bits per heavy atom. The molecule has 0 spiro atoms. The summed E-state index contributed by atoms with van der Waals surface area (Å²) in [4.78, 5) is 21.2. The molecule has 14 heavy (non-hydrogen) atoms. The third kappa shape index (κ3) is 1.82. The quantitative estimate of drug-likeness (QED) is 0.465. The summed E-state index contributed by atoms with van der Waals surface area (Å²) in [5.41, 5.74) is 1.68. The lowest BCUT2D eigenvalue weighted by atomic mass is 10.0. The molecule has 0 aliphatic carbocycles. The molecule has 0 radical (unpaired) electrons. The van der Waals surface area contributed by atoms with Crippen LogP contribution in [0.3, 0.4) is 0 Å². The van der Waals surface area contributed by atoms with Crippen molar-refractivity contribution in [2.24, 2.45) is 0 Å². The Labute approximate surface area is 89.2 Å². The topological polar surface area (TPSA) is 60.2 Å². The maximum absolute atomic E-state index is 11.0. The molecule has 0 aliphatic rings. The zero-order valence-electron chi connectivity index (χ0n) is 7.70. The van der Waals surface area contributed by atoms with Crippen LogP contribution in [0.5, 0.6) is 0 Å². The molecule has 0 N–H and O–H groups in total. The van der Waals surface area contributed by atoms with Crippen molar-refractivity contribution < 1.29 is 9.72 Å². The van der Waals surface area contributed by atoms with Crippen LogP contribution in [0, 0.1) is 24.0 Å². The van der Waals surface area contributed by atoms with Crippen LogP contribution in [0.4, 0.5) is 5.69 Å². The Hall–Kier alpha value is -1.23. The van der Waals surface area contributed by atoms with E-state index in [4.69, 9.17) is 0 Å². The van der Waals surface area contributed by atoms with Crippen LogP contribution in [0.25, 0.3) is 0 Å². The summed E-state index contributed by atoms with van der Waals surface area (Å²) >= 11 is 2.82. The molecule has 0 amide bonds. The number of nitro benzene ring substituents is 1. The normalized spacial score (nSPS) is 9.93. The molecule has 0 unspecified atom stereocenters. The van der Waals surface area contributed by atoms with Gasteiger partial charge in [-0.1, -0.05) is 0 Å². The lowest BCUT2D eigenvalue weighted by molar-refractivity contribution is -0.385. The highest BCUT2D eigenvalue weighted by Gasteiger charge is 2.16. The van der Waals surface area contributed by atoms with Gasteiger partial charge in [0.25, 0.3) is 5.69 Å². The van der Waals surface area contributed by atoms with E-state index in [1.165, 1.54) is 12.1 Å². The van der Waals surface area contributed by atoms with Gasteiger partial charge in [0.05, 0.1) is 4.92 Å². The number of halogens is 1. The molecule has 0 atom stereocenters. The highest BCUT2D eigenvalue weighted by atomic mass is 79.9. The minimum Gasteiger partial charge on any atom is -0.281 e. The number of benzene rings is 1. The van der Waals surface area contributed by atoms with Crippen molar-refractivity contribution >= 4 is 26.3 Å². The lowest BCUT2D eigenvalue weighted by Crippen LogP contribution is -1.99. The van der Waals surface area contributed by atoms with E-state index in [9.17, 15) is 14.9 Å². The fraction of sp³-hybridized carbons (Fsp3) is 0.222. The summed E-state index contributed by atoms with van der Waals surface area (Å²) in [6.45, 7) is 3.32. The molecule has 0 fully saturated rings. The zero-order chi connectivity index (χ0) is 10.9. The van der Waals surface area contributed by atoms with Crippen molar-refractivity contribution in [2.75, 3.05) is 0 Å². The van der Waals surface area contributed by atoms with Crippen LogP contribution in [0.2, 0.25) is 0 Å². The van der Waals surface area contributed by atoms with E-state index in [2.05, 4.69) is 15.9 Å². The van der Waals surface area contributed by atoms with Gasteiger partial charge in [-0.15, -0.1) is 0 Å². The Bertz CT molecular complexity index is 376. The van der Waals surface area contributed by atoms with E-state index in [1.54, 1.807) is 13.8 Å². The Balaban J connectivity index is 3.41. The third-order valence-corrected chi connectivity index (χ3v) is 2.59. The first kappa shape index (κ1) is 10.8. The Kier molecular flexibility index (Phi) is 3.00. The average molecular weight is 258 g/mol. The van der Waals surface area contributed by atoms with E-state index in [0.29, 0.717) is 16.7 Å². The van der Waals surface area contributed by atoms with Gasteiger partial charge in [0, 0.05) is 17.2 Å². The second kappa shape index (κ2) is 3.88. The van der Waals surface area contributed by atoms with E-state index in [-0.39, 0.29) is 10.4 Å². The zero-order valence-corrected chi connectivity index (χ0v) is 9.29. The van der Waals surface area contributed by atoms with Gasteiger partial charge < -0.3 is 0 Å². The van der Waals surface area contributed by atoms with E-state index >= 15 is 0 Å². The minimum atomic E-state index is -0.454. The fourth-order valence-electron chi connectivity index (χ4n) is 1.22. The van der Waals surface area contributed by atoms with Crippen molar-refractivity contribution in [3.8, 4) is 0 Å². The van der Waals surface area contributed by atoms with Crippen LogP contribution in [0.1, 0.15) is 21.5 Å². The van der Waals surface area contributed by atoms with Gasteiger partial charge in [-0.05, 0) is 41.4 Å². The second-order valence-corrected chi connectivity index (χ2v) is 3.63. The second-order valence-electron chi connectivity index (χ2n) is 2.91. The molecule has 1 rings (SSSR count). The van der Waals surface area contributed by atoms with Gasteiger partial charge in [0.2, 0.25) is 4.69 Å². The number of nitrogens with zero attached hydrogens (tertiary/aromatic N) is 1. The summed E-state index contributed by atoms with van der Waals surface area (Å²) in [5.74, 6) is 0. The highest BCUT2D eigenvalue weighted by molar-refractivity contribution is 9.18. The molecule has 0 saturated carbocycles. The molecule has 74 valence electrons. The van der Waals surface area contributed by atoms with Crippen molar-refractivity contribution in [2.45, 2.75) is 13.8 Å². The molecule has 0 aliphatic heterocycles. The molecule has 1 aromatic carbocycles. The van der Waals surface area contributed by atoms with Gasteiger partial charge >= 0.3 is 0 Å². The Morgan fingerprint density at radius 1 is 1.36 bits per heavy atom. The SMILES string of the molecule is Cc1c(C(=O)Br)ccc([N+](=O)[O-])c1C. The lowest BCUT2D eigenvalue weighted by Gasteiger charge is -2.04. The van der Waals surface area contributed by atoms with E-state index in [0.717, 1.165) is 0 Å². The fourth-order valence-corrected chi connectivity index (χ4v) is 1.65. The van der Waals surface area contributed by atoms with Gasteiger partial charge in [-0.2, -0.15) is 0 Å². The number of hydrogen-bond donors (Lipinski definition) is 0. The number of carbonyl (C=O) groups excluding carboxylic acids is 1. The van der Waals surface area contributed by atoms with Gasteiger partial charge in [0.1, 0.15) is 0 Å². The first-order chi connectivity index (χ1) is 6.45. The van der Waals surface area contributed by atoms with Crippen LogP contribution < -0.4 is 0 Å². The van der Waals surface area contributed by atoms with Gasteiger partial charge in [-0.3, -0.25) is 14.9 Å². The average Bonchev–Trinajstić information content (AvgIpc) is 2.08. The van der Waals surface area contributed by atoms with Crippen LogP contribution in [-0.2, 0) is 0 Å². The molecule has 1 aromatic rings. The molecule has 0 aromatic heterocycles. The monoisotopic (exact) mass is 257 g/mol. The standard InChI is InChI=1S/C9H8BrNO3/c1-5-6(2)8(11(13)14)4-3-7(5)9(10)12/h3-4H,1-2H3. The highest BCUT2D eigenvalue weighted by Crippen LogP contribution is 2.25. The van der Waals surface area contributed by atoms with Crippen molar-refractivity contribution in [1.82, 2.24) is 0 Å². The maximum Gasteiger partial charge on any atom is 0.272 e. The summed E-state index contributed by atoms with van der Waals surface area (Å²) in [7, 11) is 0. The van der Waals surface area contributed by atoms with Crippen LogP contribution in [0.15, 0.2) is 12.1 Å². The predicted molar refractivity (Wildman–Crippen MR) is 55.8 cm³/mol. The molecule has 5 heteroatoms. The predicted octanol–water partition coefficient (Wildman–Crippen LogP) is 2.75. The Morgan fingerprint density at radius 3 is 2.36 bits per heavy atom.